The Kier molecular flexibility index (Phi) is 3.92. The third-order valence-electron chi connectivity index (χ3n) is 3.84. The molecule has 0 saturated heterocycles. The molecule has 0 unspecified atom stereocenters. The number of hydrogen-bond acceptors (Lipinski definition) is 5. The van der Waals surface area contributed by atoms with Crippen LogP contribution in [0, 0.1) is 13.8 Å². The summed E-state index contributed by atoms with van der Waals surface area (Å²) in [5, 5.41) is 12.1. The first-order valence-corrected chi connectivity index (χ1v) is 7.65. The third kappa shape index (κ3) is 2.92. The van der Waals surface area contributed by atoms with E-state index in [-0.39, 0.29) is 29.8 Å². The normalized spacial score (nSPS) is 11.4. The topological polar surface area (TPSA) is 121 Å². The van der Waals surface area contributed by atoms with Gasteiger partial charge < -0.3 is 0 Å². The molecule has 9 heteroatoms. The van der Waals surface area contributed by atoms with E-state index < -0.39 is 0 Å². The highest BCUT2D eigenvalue weighted by Crippen LogP contribution is 2.15. The summed E-state index contributed by atoms with van der Waals surface area (Å²) in [6.07, 6.45) is 0.117. The highest BCUT2D eigenvalue weighted by Gasteiger charge is 2.16. The number of aryl methyl sites for hydroxylation is 2. The molecule has 0 aromatic carbocycles. The lowest BCUT2D eigenvalue weighted by Gasteiger charge is -2.10. The van der Waals surface area contributed by atoms with Crippen LogP contribution in [-0.4, -0.2) is 35.7 Å². The molecule has 1 amide bonds. The fourth-order valence-electron chi connectivity index (χ4n) is 2.53. The molecule has 3 aromatic rings. The minimum atomic E-state index is -0.244. The number of aromatic amines is 2. The van der Waals surface area contributed by atoms with Gasteiger partial charge in [0.15, 0.2) is 5.65 Å². The van der Waals surface area contributed by atoms with E-state index in [4.69, 9.17) is 0 Å². The average molecular weight is 329 g/mol. The summed E-state index contributed by atoms with van der Waals surface area (Å²) in [6.45, 7) is 7.62. The van der Waals surface area contributed by atoms with Crippen molar-refractivity contribution in [2.45, 2.75) is 40.0 Å². The van der Waals surface area contributed by atoms with E-state index in [2.05, 4.69) is 30.6 Å². The molecule has 24 heavy (non-hydrogen) atoms. The third-order valence-corrected chi connectivity index (χ3v) is 3.84. The summed E-state index contributed by atoms with van der Waals surface area (Å²) in [5.74, 6) is 0.920. The van der Waals surface area contributed by atoms with E-state index in [1.54, 1.807) is 4.52 Å². The quantitative estimate of drug-likeness (QED) is 0.661. The van der Waals surface area contributed by atoms with E-state index in [9.17, 15) is 9.59 Å². The van der Waals surface area contributed by atoms with Gasteiger partial charge in [0.05, 0.1) is 6.42 Å². The molecule has 0 saturated carbocycles. The highest BCUT2D eigenvalue weighted by atomic mass is 16.1. The number of anilines is 1. The van der Waals surface area contributed by atoms with Crippen LogP contribution in [0.1, 0.15) is 42.5 Å². The van der Waals surface area contributed by atoms with Crippen molar-refractivity contribution >= 4 is 17.5 Å². The molecule has 0 aliphatic heterocycles. The second-order valence-corrected chi connectivity index (χ2v) is 6.00. The number of rotatable bonds is 4. The molecule has 0 atom stereocenters. The standard InChI is InChI=1S/C15H19N7O2/c1-7(2)14-18-15(20-19-14)17-12(23)5-10-8(3)16-11-6-13(24)21-22(11)9(10)4/h6-7H,5H2,1-4H3,(H,21,24)(H2,17,18,19,20,23). The van der Waals surface area contributed by atoms with Crippen molar-refractivity contribution in [1.29, 1.82) is 0 Å². The van der Waals surface area contributed by atoms with E-state index in [1.807, 2.05) is 27.7 Å². The zero-order chi connectivity index (χ0) is 17.4. The van der Waals surface area contributed by atoms with Crippen LogP contribution in [0.3, 0.4) is 0 Å². The monoisotopic (exact) mass is 329 g/mol. The fourth-order valence-corrected chi connectivity index (χ4v) is 2.53. The Balaban J connectivity index is 1.83. The maximum absolute atomic E-state index is 12.3. The van der Waals surface area contributed by atoms with Crippen molar-refractivity contribution < 1.29 is 4.79 Å². The minimum absolute atomic E-state index is 0.117. The molecule has 0 bridgehead atoms. The number of hydrogen-bond donors (Lipinski definition) is 3. The Morgan fingerprint density at radius 3 is 2.75 bits per heavy atom. The number of nitrogens with one attached hydrogen (secondary N) is 3. The van der Waals surface area contributed by atoms with Crippen LogP contribution in [0.25, 0.3) is 5.65 Å². The minimum Gasteiger partial charge on any atom is -0.293 e. The van der Waals surface area contributed by atoms with Crippen molar-refractivity contribution in [3.8, 4) is 0 Å². The van der Waals surface area contributed by atoms with E-state index >= 15 is 0 Å². The van der Waals surface area contributed by atoms with Crippen molar-refractivity contribution in [3.63, 3.8) is 0 Å². The predicted octanol–water partition coefficient (Wildman–Crippen LogP) is 1.06. The molecule has 0 aliphatic carbocycles. The first-order valence-electron chi connectivity index (χ1n) is 7.65. The van der Waals surface area contributed by atoms with Crippen molar-refractivity contribution in [1.82, 2.24) is 29.8 Å². The van der Waals surface area contributed by atoms with Crippen molar-refractivity contribution in [3.05, 3.63) is 39.2 Å². The molecular formula is C15H19N7O2. The van der Waals surface area contributed by atoms with Gasteiger partial charge in [-0.25, -0.2) is 9.50 Å². The molecule has 0 spiro atoms. The Bertz CT molecular complexity index is 964. The van der Waals surface area contributed by atoms with Crippen LogP contribution >= 0.6 is 0 Å². The molecule has 3 rings (SSSR count). The highest BCUT2D eigenvalue weighted by molar-refractivity contribution is 5.90. The Morgan fingerprint density at radius 1 is 1.33 bits per heavy atom. The van der Waals surface area contributed by atoms with Gasteiger partial charge in [0.2, 0.25) is 11.9 Å². The summed E-state index contributed by atoms with van der Waals surface area (Å²) < 4.78 is 1.58. The average Bonchev–Trinajstić information content (AvgIpc) is 3.10. The molecule has 3 heterocycles. The van der Waals surface area contributed by atoms with Crippen LogP contribution in [0.5, 0.6) is 0 Å². The lowest BCUT2D eigenvalue weighted by atomic mass is 10.1. The van der Waals surface area contributed by atoms with Gasteiger partial charge in [0, 0.05) is 28.9 Å². The first-order chi connectivity index (χ1) is 11.3. The largest absolute Gasteiger partial charge is 0.293 e. The van der Waals surface area contributed by atoms with Crippen molar-refractivity contribution in [2.24, 2.45) is 0 Å². The molecule has 3 aromatic heterocycles. The number of carbonyl (C=O) groups excluding carboxylic acids is 1. The maximum atomic E-state index is 12.3. The van der Waals surface area contributed by atoms with Gasteiger partial charge >= 0.3 is 0 Å². The second-order valence-electron chi connectivity index (χ2n) is 6.00. The zero-order valence-corrected chi connectivity index (χ0v) is 14.0. The SMILES string of the molecule is Cc1nc2cc(=O)[nH]n2c(C)c1CC(=O)Nc1n[nH]c(C(C)C)n1. The van der Waals surface area contributed by atoms with Gasteiger partial charge in [-0.3, -0.25) is 25.1 Å². The van der Waals surface area contributed by atoms with Gasteiger partial charge in [0.25, 0.3) is 5.56 Å². The summed E-state index contributed by atoms with van der Waals surface area (Å²) in [7, 11) is 0. The molecule has 0 fully saturated rings. The molecule has 0 aliphatic rings. The van der Waals surface area contributed by atoms with Gasteiger partial charge in [-0.2, -0.15) is 4.98 Å². The Hall–Kier alpha value is -2.97. The van der Waals surface area contributed by atoms with Gasteiger partial charge in [0.1, 0.15) is 5.82 Å². The number of amides is 1. The predicted molar refractivity (Wildman–Crippen MR) is 88.1 cm³/mol. The smallest absolute Gasteiger partial charge is 0.266 e. The summed E-state index contributed by atoms with van der Waals surface area (Å²) in [5.41, 5.74) is 2.54. The van der Waals surface area contributed by atoms with E-state index in [0.29, 0.717) is 17.2 Å². The Morgan fingerprint density at radius 2 is 2.08 bits per heavy atom. The van der Waals surface area contributed by atoms with Gasteiger partial charge in [-0.05, 0) is 13.8 Å². The number of carbonyl (C=O) groups is 1. The number of fused-ring (bicyclic) bond motifs is 1. The first kappa shape index (κ1) is 15.9. The lowest BCUT2D eigenvalue weighted by Crippen LogP contribution is -2.18. The van der Waals surface area contributed by atoms with E-state index in [1.165, 1.54) is 6.07 Å². The van der Waals surface area contributed by atoms with Crippen LogP contribution < -0.4 is 10.9 Å². The molecule has 126 valence electrons. The molecular weight excluding hydrogens is 310 g/mol. The molecule has 3 N–H and O–H groups in total. The van der Waals surface area contributed by atoms with Gasteiger partial charge in [-0.15, -0.1) is 5.10 Å². The van der Waals surface area contributed by atoms with Crippen molar-refractivity contribution in [2.75, 3.05) is 5.32 Å². The van der Waals surface area contributed by atoms with Gasteiger partial charge in [-0.1, -0.05) is 13.8 Å². The fraction of sp³-hybridized carbons (Fsp3) is 0.400. The summed E-state index contributed by atoms with van der Waals surface area (Å²) in [6, 6.07) is 1.42. The lowest BCUT2D eigenvalue weighted by molar-refractivity contribution is -0.115. The number of aromatic nitrogens is 6. The Labute approximate surface area is 137 Å². The molecule has 9 nitrogen and oxygen atoms in total. The number of nitrogens with zero attached hydrogens (tertiary/aromatic N) is 4. The van der Waals surface area contributed by atoms with E-state index in [0.717, 1.165) is 11.3 Å². The second kappa shape index (κ2) is 5.91. The maximum Gasteiger partial charge on any atom is 0.266 e. The number of H-pyrrole nitrogens is 2. The molecule has 0 radical (unpaired) electrons. The van der Waals surface area contributed by atoms with Crippen LogP contribution in [0.15, 0.2) is 10.9 Å². The van der Waals surface area contributed by atoms with Crippen LogP contribution in [0.4, 0.5) is 5.95 Å². The summed E-state index contributed by atoms with van der Waals surface area (Å²) >= 11 is 0. The van der Waals surface area contributed by atoms with Crippen LogP contribution in [-0.2, 0) is 11.2 Å². The van der Waals surface area contributed by atoms with Crippen LogP contribution in [0.2, 0.25) is 0 Å². The zero-order valence-electron chi connectivity index (χ0n) is 14.0. The summed E-state index contributed by atoms with van der Waals surface area (Å²) in [4.78, 5) is 32.3.